The Morgan fingerprint density at radius 3 is 2.48 bits per heavy atom. The van der Waals surface area contributed by atoms with Crippen LogP contribution in [0.1, 0.15) is 5.56 Å². The summed E-state index contributed by atoms with van der Waals surface area (Å²) in [7, 11) is 0. The van der Waals surface area contributed by atoms with Crippen LogP contribution in [-0.4, -0.2) is 14.4 Å². The minimum Gasteiger partial charge on any atom is -0.271 e. The summed E-state index contributed by atoms with van der Waals surface area (Å²) >= 11 is 14.0. The zero-order chi connectivity index (χ0) is 18.4. The van der Waals surface area contributed by atoms with Crippen molar-refractivity contribution >= 4 is 62.5 Å². The molecule has 2 aromatic heterocycles. The number of nitrogens with zero attached hydrogens (tertiary/aromatic N) is 3. The molecular formula is C21H13Cl2N3S. The summed E-state index contributed by atoms with van der Waals surface area (Å²) in [5, 5.41) is 3.24. The van der Waals surface area contributed by atoms with E-state index in [9.17, 15) is 0 Å². The number of imidazole rings is 1. The molecule has 0 radical (unpaired) electrons. The molecule has 0 aliphatic heterocycles. The van der Waals surface area contributed by atoms with E-state index in [-0.39, 0.29) is 0 Å². The van der Waals surface area contributed by atoms with Crippen LogP contribution in [0, 0.1) is 0 Å². The molecule has 0 aliphatic carbocycles. The molecule has 3 nitrogen and oxygen atoms in total. The molecule has 27 heavy (non-hydrogen) atoms. The first-order chi connectivity index (χ1) is 13.2. The first-order valence-corrected chi connectivity index (χ1v) is 10.2. The second-order valence-electron chi connectivity index (χ2n) is 6.20. The van der Waals surface area contributed by atoms with Crippen molar-refractivity contribution in [2.75, 3.05) is 0 Å². The van der Waals surface area contributed by atoms with E-state index in [2.05, 4.69) is 16.5 Å². The summed E-state index contributed by atoms with van der Waals surface area (Å²) in [6.07, 6.45) is 0. The summed E-state index contributed by atoms with van der Waals surface area (Å²) in [5.74, 6) is 0.697. The van der Waals surface area contributed by atoms with Gasteiger partial charge in [-0.15, -0.1) is 0 Å². The predicted octanol–water partition coefficient (Wildman–Crippen LogP) is 6.63. The number of thioether (sulfide) groups is 1. The second kappa shape index (κ2) is 6.71. The monoisotopic (exact) mass is 409 g/mol. The van der Waals surface area contributed by atoms with Gasteiger partial charge in [-0.25, -0.2) is 9.97 Å². The van der Waals surface area contributed by atoms with E-state index in [0.717, 1.165) is 38.3 Å². The first-order valence-electron chi connectivity index (χ1n) is 8.43. The summed E-state index contributed by atoms with van der Waals surface area (Å²) in [6.45, 7) is 0. The highest BCUT2D eigenvalue weighted by Crippen LogP contribution is 2.32. The lowest BCUT2D eigenvalue weighted by molar-refractivity contribution is 0.952. The maximum atomic E-state index is 6.35. The van der Waals surface area contributed by atoms with E-state index >= 15 is 0 Å². The lowest BCUT2D eigenvalue weighted by atomic mass is 10.2. The van der Waals surface area contributed by atoms with Crippen molar-refractivity contribution < 1.29 is 0 Å². The fraction of sp³-hybridized carbons (Fsp3) is 0.0476. The van der Waals surface area contributed by atoms with Crippen LogP contribution in [0.4, 0.5) is 0 Å². The Morgan fingerprint density at radius 1 is 0.852 bits per heavy atom. The van der Waals surface area contributed by atoms with Gasteiger partial charge < -0.3 is 0 Å². The predicted molar refractivity (Wildman–Crippen MR) is 114 cm³/mol. The molecule has 0 unspecified atom stereocenters. The zero-order valence-corrected chi connectivity index (χ0v) is 16.4. The van der Waals surface area contributed by atoms with Gasteiger partial charge in [0.25, 0.3) is 0 Å². The fourth-order valence-electron chi connectivity index (χ4n) is 3.19. The summed E-state index contributed by atoms with van der Waals surface area (Å²) in [4.78, 5) is 9.76. The van der Waals surface area contributed by atoms with Crippen molar-refractivity contribution in [2.45, 2.75) is 10.9 Å². The molecular weight excluding hydrogens is 397 g/mol. The fourth-order valence-corrected chi connectivity index (χ4v) is 4.76. The molecule has 0 spiro atoms. The molecule has 2 heterocycles. The zero-order valence-electron chi connectivity index (χ0n) is 14.1. The normalized spacial score (nSPS) is 11.6. The van der Waals surface area contributed by atoms with E-state index in [1.165, 1.54) is 0 Å². The highest BCUT2D eigenvalue weighted by molar-refractivity contribution is 7.98. The molecule has 6 heteroatoms. The average molecular weight is 410 g/mol. The molecule has 3 aromatic carbocycles. The second-order valence-corrected chi connectivity index (χ2v) is 7.98. The Kier molecular flexibility index (Phi) is 4.20. The van der Waals surface area contributed by atoms with Crippen LogP contribution >= 0.6 is 35.0 Å². The molecule has 0 saturated heterocycles. The van der Waals surface area contributed by atoms with Gasteiger partial charge in [-0.05, 0) is 42.0 Å². The van der Waals surface area contributed by atoms with Crippen LogP contribution in [0.25, 0.3) is 27.6 Å². The van der Waals surface area contributed by atoms with Crippen LogP contribution in [0.3, 0.4) is 0 Å². The van der Waals surface area contributed by atoms with E-state index in [0.29, 0.717) is 15.8 Å². The smallest absolute Gasteiger partial charge is 0.175 e. The minimum atomic E-state index is 0.639. The number of para-hydroxylation sites is 3. The maximum absolute atomic E-state index is 6.35. The molecule has 0 amide bonds. The van der Waals surface area contributed by atoms with Gasteiger partial charge in [-0.2, -0.15) is 0 Å². The Hall–Kier alpha value is -2.27. The summed E-state index contributed by atoms with van der Waals surface area (Å²) < 4.78 is 2.13. The van der Waals surface area contributed by atoms with Crippen molar-refractivity contribution in [1.29, 1.82) is 0 Å². The Balaban J connectivity index is 1.69. The molecule has 132 valence electrons. The van der Waals surface area contributed by atoms with Crippen LogP contribution in [0.2, 0.25) is 10.0 Å². The van der Waals surface area contributed by atoms with Crippen LogP contribution in [0.5, 0.6) is 0 Å². The third-order valence-corrected chi connectivity index (χ3v) is 6.06. The van der Waals surface area contributed by atoms with Crippen LogP contribution in [-0.2, 0) is 5.75 Å². The SMILES string of the molecule is Clc1ccc(CSc2nc3ccccc3c3nc4ccccc4n23)c(Cl)c1. The number of halogens is 2. The number of aromatic nitrogens is 3. The quantitative estimate of drug-likeness (QED) is 0.247. The van der Waals surface area contributed by atoms with Crippen LogP contribution < -0.4 is 0 Å². The first kappa shape index (κ1) is 16.9. The minimum absolute atomic E-state index is 0.639. The van der Waals surface area contributed by atoms with Gasteiger partial charge in [-0.1, -0.05) is 65.3 Å². The van der Waals surface area contributed by atoms with Gasteiger partial charge >= 0.3 is 0 Å². The number of fused-ring (bicyclic) bond motifs is 5. The van der Waals surface area contributed by atoms with E-state index in [1.54, 1.807) is 17.8 Å². The molecule has 5 aromatic rings. The Bertz CT molecular complexity index is 1310. The highest BCUT2D eigenvalue weighted by Gasteiger charge is 2.14. The topological polar surface area (TPSA) is 30.2 Å². The van der Waals surface area contributed by atoms with Crippen molar-refractivity contribution in [2.24, 2.45) is 0 Å². The molecule has 0 atom stereocenters. The standard InChI is InChI=1S/C21H13Cl2N3S/c22-14-10-9-13(16(23)11-14)12-27-21-25-17-6-2-1-5-15(17)20-24-18-7-3-4-8-19(18)26(20)21/h1-11H,12H2. The molecule has 0 fully saturated rings. The van der Waals surface area contributed by atoms with Crippen molar-refractivity contribution in [3.05, 3.63) is 82.3 Å². The van der Waals surface area contributed by atoms with Crippen molar-refractivity contribution in [3.63, 3.8) is 0 Å². The molecule has 0 bridgehead atoms. The number of benzene rings is 3. The number of hydrogen-bond acceptors (Lipinski definition) is 3. The largest absolute Gasteiger partial charge is 0.271 e. The van der Waals surface area contributed by atoms with E-state index in [1.807, 2.05) is 48.5 Å². The average Bonchev–Trinajstić information content (AvgIpc) is 3.07. The third-order valence-electron chi connectivity index (χ3n) is 4.49. The lowest BCUT2D eigenvalue weighted by Gasteiger charge is -2.09. The summed E-state index contributed by atoms with van der Waals surface area (Å²) in [5.41, 5.74) is 4.90. The Labute approximate surface area is 170 Å². The molecule has 5 rings (SSSR count). The molecule has 0 saturated carbocycles. The highest BCUT2D eigenvalue weighted by atomic mass is 35.5. The van der Waals surface area contributed by atoms with Crippen molar-refractivity contribution in [1.82, 2.24) is 14.4 Å². The van der Waals surface area contributed by atoms with Crippen LogP contribution in [0.15, 0.2) is 71.9 Å². The van der Waals surface area contributed by atoms with E-state index < -0.39 is 0 Å². The number of rotatable bonds is 3. The lowest BCUT2D eigenvalue weighted by Crippen LogP contribution is -1.97. The summed E-state index contributed by atoms with van der Waals surface area (Å²) in [6, 6.07) is 21.8. The van der Waals surface area contributed by atoms with Gasteiger partial charge in [0.05, 0.1) is 16.6 Å². The third kappa shape index (κ3) is 2.94. The molecule has 0 N–H and O–H groups in total. The van der Waals surface area contributed by atoms with Gasteiger partial charge in [0.15, 0.2) is 5.16 Å². The van der Waals surface area contributed by atoms with Gasteiger partial charge in [0.2, 0.25) is 0 Å². The Morgan fingerprint density at radius 2 is 1.63 bits per heavy atom. The van der Waals surface area contributed by atoms with Gasteiger partial charge in [-0.3, -0.25) is 4.40 Å². The number of hydrogen-bond donors (Lipinski definition) is 0. The van der Waals surface area contributed by atoms with Gasteiger partial charge in [0, 0.05) is 21.2 Å². The molecule has 0 aliphatic rings. The van der Waals surface area contributed by atoms with E-state index in [4.69, 9.17) is 33.2 Å². The van der Waals surface area contributed by atoms with Crippen molar-refractivity contribution in [3.8, 4) is 0 Å². The van der Waals surface area contributed by atoms with Gasteiger partial charge in [0.1, 0.15) is 5.65 Å². The maximum Gasteiger partial charge on any atom is 0.175 e.